The van der Waals surface area contributed by atoms with Crippen LogP contribution in [-0.4, -0.2) is 39.0 Å². The number of halogens is 1. The molecule has 1 fully saturated rings. The molecular weight excluding hydrogens is 311 g/mol. The molecule has 24 heavy (non-hydrogen) atoms. The maximum absolute atomic E-state index is 13.1. The van der Waals surface area contributed by atoms with Gasteiger partial charge in [0.2, 0.25) is 5.91 Å². The van der Waals surface area contributed by atoms with Gasteiger partial charge in [-0.15, -0.1) is 0 Å². The number of carbonyl (C=O) groups is 1. The molecule has 2 aromatic heterocycles. The average molecular weight is 326 g/mol. The molecule has 0 saturated carbocycles. The van der Waals surface area contributed by atoms with Crippen LogP contribution in [0.4, 0.5) is 4.39 Å². The molecule has 1 saturated heterocycles. The van der Waals surface area contributed by atoms with Gasteiger partial charge >= 0.3 is 0 Å². The van der Waals surface area contributed by atoms with Crippen molar-refractivity contribution in [3.8, 4) is 11.1 Å². The maximum Gasteiger partial charge on any atom is 0.272 e. The highest BCUT2D eigenvalue weighted by Crippen LogP contribution is 2.28. The highest BCUT2D eigenvalue weighted by molar-refractivity contribution is 5.80. The number of likely N-dealkylation sites (tertiary alicyclic amines) is 1. The van der Waals surface area contributed by atoms with Crippen LogP contribution < -0.4 is 5.56 Å². The molecule has 1 unspecified atom stereocenters. The number of benzene rings is 1. The van der Waals surface area contributed by atoms with Gasteiger partial charge in [0.05, 0.1) is 5.69 Å². The number of hydrogen-bond donors (Lipinski definition) is 1. The molecular formula is C17H15FN4O2. The van der Waals surface area contributed by atoms with Gasteiger partial charge in [-0.1, -0.05) is 12.1 Å². The third-order valence-corrected chi connectivity index (χ3v) is 4.43. The van der Waals surface area contributed by atoms with Gasteiger partial charge in [-0.25, -0.2) is 13.9 Å². The van der Waals surface area contributed by atoms with Crippen LogP contribution in [0, 0.1) is 5.82 Å². The van der Waals surface area contributed by atoms with Crippen molar-refractivity contribution in [1.29, 1.82) is 0 Å². The molecule has 1 N–H and O–H groups in total. The molecule has 1 aliphatic heterocycles. The third-order valence-electron chi connectivity index (χ3n) is 4.43. The number of amides is 1. The Kier molecular flexibility index (Phi) is 3.23. The number of rotatable bonds is 2. The first-order chi connectivity index (χ1) is 11.5. The predicted molar refractivity (Wildman–Crippen MR) is 86.2 cm³/mol. The first-order valence-corrected chi connectivity index (χ1v) is 7.64. The number of aromatic amines is 1. The first-order valence-electron chi connectivity index (χ1n) is 7.64. The van der Waals surface area contributed by atoms with Gasteiger partial charge in [0.25, 0.3) is 5.56 Å². The summed E-state index contributed by atoms with van der Waals surface area (Å²) in [5.74, 6) is -0.358. The molecule has 1 aliphatic rings. The van der Waals surface area contributed by atoms with E-state index in [1.165, 1.54) is 22.7 Å². The van der Waals surface area contributed by atoms with E-state index in [0.29, 0.717) is 29.9 Å². The minimum Gasteiger partial charge on any atom is -0.345 e. The van der Waals surface area contributed by atoms with Crippen LogP contribution in [-0.2, 0) is 4.79 Å². The Labute approximate surface area is 136 Å². The SMILES string of the molecule is CN1CC(c2cc(=O)n3[nH]cc(-c4ccc(F)cc4)c3n2)CC1=O. The molecule has 122 valence electrons. The number of nitrogens with one attached hydrogen (secondary N) is 1. The highest BCUT2D eigenvalue weighted by atomic mass is 19.1. The van der Waals surface area contributed by atoms with Gasteiger partial charge < -0.3 is 4.90 Å². The summed E-state index contributed by atoms with van der Waals surface area (Å²) in [6, 6.07) is 7.49. The topological polar surface area (TPSA) is 70.5 Å². The summed E-state index contributed by atoms with van der Waals surface area (Å²) in [4.78, 5) is 30.4. The summed E-state index contributed by atoms with van der Waals surface area (Å²) in [5, 5.41) is 2.88. The van der Waals surface area contributed by atoms with Crippen LogP contribution in [0.1, 0.15) is 18.0 Å². The molecule has 4 rings (SSSR count). The van der Waals surface area contributed by atoms with Gasteiger partial charge in [0.15, 0.2) is 5.65 Å². The molecule has 1 amide bonds. The van der Waals surface area contributed by atoms with E-state index in [9.17, 15) is 14.0 Å². The summed E-state index contributed by atoms with van der Waals surface area (Å²) in [6.45, 7) is 0.553. The van der Waals surface area contributed by atoms with Crippen molar-refractivity contribution in [1.82, 2.24) is 19.5 Å². The zero-order valence-corrected chi connectivity index (χ0v) is 13.0. The Balaban J connectivity index is 1.84. The lowest BCUT2D eigenvalue weighted by molar-refractivity contribution is -0.126. The molecule has 3 heterocycles. The van der Waals surface area contributed by atoms with E-state index < -0.39 is 0 Å². The van der Waals surface area contributed by atoms with Crippen molar-refractivity contribution in [2.24, 2.45) is 0 Å². The van der Waals surface area contributed by atoms with E-state index in [1.54, 1.807) is 30.3 Å². The number of fused-ring (bicyclic) bond motifs is 1. The minimum absolute atomic E-state index is 0.0508. The van der Waals surface area contributed by atoms with Gasteiger partial charge in [-0.3, -0.25) is 14.7 Å². The molecule has 0 bridgehead atoms. The maximum atomic E-state index is 13.1. The number of aromatic nitrogens is 3. The van der Waals surface area contributed by atoms with E-state index in [0.717, 1.165) is 5.56 Å². The van der Waals surface area contributed by atoms with Gasteiger partial charge in [-0.05, 0) is 17.7 Å². The van der Waals surface area contributed by atoms with Crippen LogP contribution in [0.3, 0.4) is 0 Å². The number of H-pyrrole nitrogens is 1. The number of nitrogens with zero attached hydrogens (tertiary/aromatic N) is 3. The molecule has 0 spiro atoms. The second-order valence-electron chi connectivity index (χ2n) is 6.05. The zero-order chi connectivity index (χ0) is 16.8. The molecule has 6 nitrogen and oxygen atoms in total. The molecule has 1 aromatic carbocycles. The summed E-state index contributed by atoms with van der Waals surface area (Å²) in [7, 11) is 1.74. The van der Waals surface area contributed by atoms with Gasteiger partial charge in [0.1, 0.15) is 5.82 Å². The van der Waals surface area contributed by atoms with Crippen molar-refractivity contribution in [2.45, 2.75) is 12.3 Å². The monoisotopic (exact) mass is 326 g/mol. The fraction of sp³-hybridized carbons (Fsp3) is 0.235. The molecule has 7 heteroatoms. The lowest BCUT2D eigenvalue weighted by Crippen LogP contribution is -2.20. The molecule has 0 radical (unpaired) electrons. The normalized spacial score (nSPS) is 17.8. The summed E-state index contributed by atoms with van der Waals surface area (Å²) in [5.41, 5.74) is 2.34. The van der Waals surface area contributed by atoms with Crippen molar-refractivity contribution < 1.29 is 9.18 Å². The smallest absolute Gasteiger partial charge is 0.272 e. The van der Waals surface area contributed by atoms with Crippen molar-refractivity contribution in [3.05, 3.63) is 58.4 Å². The van der Waals surface area contributed by atoms with Crippen molar-refractivity contribution in [2.75, 3.05) is 13.6 Å². The summed E-state index contributed by atoms with van der Waals surface area (Å²) in [6.07, 6.45) is 2.03. The Morgan fingerprint density at radius 2 is 2.00 bits per heavy atom. The second kappa shape index (κ2) is 5.30. The predicted octanol–water partition coefficient (Wildman–Crippen LogP) is 1.77. The standard InChI is InChI=1S/C17H15FN4O2/c1-21-9-11(6-15(21)23)14-7-16(24)22-17(20-14)13(8-19-22)10-2-4-12(18)5-3-10/h2-5,7-8,11,19H,6,9H2,1H3. The van der Waals surface area contributed by atoms with Gasteiger partial charge in [0, 0.05) is 43.8 Å². The summed E-state index contributed by atoms with van der Waals surface area (Å²) >= 11 is 0. The summed E-state index contributed by atoms with van der Waals surface area (Å²) < 4.78 is 14.5. The Morgan fingerprint density at radius 1 is 1.25 bits per heavy atom. The zero-order valence-electron chi connectivity index (χ0n) is 13.0. The Bertz CT molecular complexity index is 990. The van der Waals surface area contributed by atoms with E-state index in [2.05, 4.69) is 10.1 Å². The van der Waals surface area contributed by atoms with Crippen LogP contribution in [0.2, 0.25) is 0 Å². The Morgan fingerprint density at radius 3 is 2.67 bits per heavy atom. The quantitative estimate of drug-likeness (QED) is 0.780. The third kappa shape index (κ3) is 2.29. The van der Waals surface area contributed by atoms with Crippen LogP contribution in [0.5, 0.6) is 0 Å². The number of carbonyl (C=O) groups excluding carboxylic acids is 1. The molecule has 1 atom stereocenters. The lowest BCUT2D eigenvalue weighted by atomic mass is 10.0. The Hall–Kier alpha value is -2.96. The van der Waals surface area contributed by atoms with E-state index >= 15 is 0 Å². The van der Waals surface area contributed by atoms with Crippen LogP contribution in [0.15, 0.2) is 41.3 Å². The molecule has 0 aliphatic carbocycles. The van der Waals surface area contributed by atoms with Crippen LogP contribution in [0.25, 0.3) is 16.8 Å². The van der Waals surface area contributed by atoms with Crippen LogP contribution >= 0.6 is 0 Å². The minimum atomic E-state index is -0.322. The molecule has 3 aromatic rings. The fourth-order valence-corrected chi connectivity index (χ4v) is 3.11. The second-order valence-corrected chi connectivity index (χ2v) is 6.05. The van der Waals surface area contributed by atoms with Gasteiger partial charge in [-0.2, -0.15) is 0 Å². The van der Waals surface area contributed by atoms with E-state index in [-0.39, 0.29) is 23.2 Å². The number of hydrogen-bond acceptors (Lipinski definition) is 3. The fourth-order valence-electron chi connectivity index (χ4n) is 3.11. The lowest BCUT2D eigenvalue weighted by Gasteiger charge is -2.10. The van der Waals surface area contributed by atoms with E-state index in [1.807, 2.05) is 0 Å². The van der Waals surface area contributed by atoms with E-state index in [4.69, 9.17) is 0 Å². The first kappa shape index (κ1) is 14.6. The van der Waals surface area contributed by atoms with Crippen molar-refractivity contribution >= 4 is 11.6 Å². The number of likely N-dealkylation sites (N-methyl/N-ethyl adjacent to an activating group) is 1. The van der Waals surface area contributed by atoms with Crippen molar-refractivity contribution in [3.63, 3.8) is 0 Å². The largest absolute Gasteiger partial charge is 0.345 e. The average Bonchev–Trinajstić information content (AvgIpc) is 3.13. The highest BCUT2D eigenvalue weighted by Gasteiger charge is 2.29.